The van der Waals surface area contributed by atoms with E-state index >= 15 is 0 Å². The van der Waals surface area contributed by atoms with Crippen LogP contribution in [0.4, 0.5) is 4.79 Å². The fourth-order valence-corrected chi connectivity index (χ4v) is 5.71. The van der Waals surface area contributed by atoms with Crippen molar-refractivity contribution in [3.05, 3.63) is 71.8 Å². The molecular weight excluding hydrogens is 544 g/mol. The van der Waals surface area contributed by atoms with E-state index in [1.165, 1.54) is 7.11 Å². The van der Waals surface area contributed by atoms with Crippen LogP contribution in [0.1, 0.15) is 78.4 Å². The SMILES string of the molecule is COC(=O)[C@H](C)CCC[C@@H]1[C@@H](Cc2ccccc2)N(C(=O)OC(C)(C)C)CN1[C@@H](CC(C)C)C(=O)OCc1ccccc1. The van der Waals surface area contributed by atoms with E-state index in [1.54, 1.807) is 4.90 Å². The van der Waals surface area contributed by atoms with Crippen LogP contribution in [-0.4, -0.2) is 65.3 Å². The van der Waals surface area contributed by atoms with Crippen LogP contribution in [0.3, 0.4) is 0 Å². The Labute approximate surface area is 257 Å². The second-order valence-electron chi connectivity index (χ2n) is 13.0. The molecule has 43 heavy (non-hydrogen) atoms. The number of hydrogen-bond donors (Lipinski definition) is 0. The number of benzene rings is 2. The van der Waals surface area contributed by atoms with Gasteiger partial charge in [-0.1, -0.05) is 87.9 Å². The van der Waals surface area contributed by atoms with Gasteiger partial charge < -0.3 is 14.2 Å². The van der Waals surface area contributed by atoms with E-state index in [0.29, 0.717) is 25.7 Å². The summed E-state index contributed by atoms with van der Waals surface area (Å²) in [7, 11) is 1.41. The van der Waals surface area contributed by atoms with Crippen LogP contribution >= 0.6 is 0 Å². The average molecular weight is 595 g/mol. The molecule has 0 bridgehead atoms. The predicted octanol–water partition coefficient (Wildman–Crippen LogP) is 6.61. The first-order valence-corrected chi connectivity index (χ1v) is 15.5. The fraction of sp³-hybridized carbons (Fsp3) is 0.571. The Morgan fingerprint density at radius 2 is 1.49 bits per heavy atom. The Hall–Kier alpha value is -3.39. The molecule has 0 N–H and O–H groups in total. The van der Waals surface area contributed by atoms with E-state index in [-0.39, 0.29) is 49.1 Å². The molecule has 0 aliphatic carbocycles. The quantitative estimate of drug-likeness (QED) is 0.190. The molecule has 2 aromatic rings. The number of carbonyl (C=O) groups is 3. The summed E-state index contributed by atoms with van der Waals surface area (Å²) in [5, 5.41) is 0. The van der Waals surface area contributed by atoms with E-state index in [0.717, 1.165) is 17.5 Å². The molecule has 0 radical (unpaired) electrons. The van der Waals surface area contributed by atoms with Crippen LogP contribution in [0.25, 0.3) is 0 Å². The van der Waals surface area contributed by atoms with Crippen molar-refractivity contribution in [3.63, 3.8) is 0 Å². The van der Waals surface area contributed by atoms with Crippen molar-refractivity contribution in [1.29, 1.82) is 0 Å². The fourth-order valence-electron chi connectivity index (χ4n) is 5.71. The highest BCUT2D eigenvalue weighted by Crippen LogP contribution is 2.33. The van der Waals surface area contributed by atoms with Gasteiger partial charge in [0, 0.05) is 6.04 Å². The molecule has 8 heteroatoms. The molecule has 236 valence electrons. The molecule has 8 nitrogen and oxygen atoms in total. The smallest absolute Gasteiger partial charge is 0.411 e. The van der Waals surface area contributed by atoms with Crippen LogP contribution < -0.4 is 0 Å². The number of nitrogens with zero attached hydrogens (tertiary/aromatic N) is 2. The van der Waals surface area contributed by atoms with Crippen LogP contribution in [0, 0.1) is 11.8 Å². The maximum atomic E-state index is 13.8. The monoisotopic (exact) mass is 594 g/mol. The summed E-state index contributed by atoms with van der Waals surface area (Å²) in [6, 6.07) is 18.8. The van der Waals surface area contributed by atoms with Crippen LogP contribution in [-0.2, 0) is 36.8 Å². The first-order valence-electron chi connectivity index (χ1n) is 15.5. The second-order valence-corrected chi connectivity index (χ2v) is 13.0. The van der Waals surface area contributed by atoms with Gasteiger partial charge in [-0.15, -0.1) is 0 Å². The lowest BCUT2D eigenvalue weighted by Crippen LogP contribution is -2.48. The molecule has 3 rings (SSSR count). The Morgan fingerprint density at radius 1 is 0.884 bits per heavy atom. The highest BCUT2D eigenvalue weighted by atomic mass is 16.6. The highest BCUT2D eigenvalue weighted by Gasteiger charge is 2.48. The van der Waals surface area contributed by atoms with Crippen molar-refractivity contribution in [2.75, 3.05) is 13.8 Å². The van der Waals surface area contributed by atoms with E-state index in [4.69, 9.17) is 14.2 Å². The molecule has 0 unspecified atom stereocenters. The van der Waals surface area contributed by atoms with Gasteiger partial charge in [-0.25, -0.2) is 4.79 Å². The van der Waals surface area contributed by atoms with E-state index in [1.807, 2.05) is 76.2 Å². The minimum atomic E-state index is -0.667. The van der Waals surface area contributed by atoms with E-state index in [9.17, 15) is 14.4 Å². The Bertz CT molecular complexity index is 1160. The molecular formula is C35H50N2O6. The molecule has 4 atom stereocenters. The van der Waals surface area contributed by atoms with Gasteiger partial charge in [-0.2, -0.15) is 0 Å². The number of hydrogen-bond acceptors (Lipinski definition) is 7. The summed E-state index contributed by atoms with van der Waals surface area (Å²) in [6.07, 6.45) is 2.88. The zero-order valence-electron chi connectivity index (χ0n) is 27.0. The molecule has 0 saturated carbocycles. The topological polar surface area (TPSA) is 85.4 Å². The maximum absolute atomic E-state index is 13.8. The Kier molecular flexibility index (Phi) is 12.6. The summed E-state index contributed by atoms with van der Waals surface area (Å²) in [6.45, 7) is 12.1. The molecule has 1 amide bonds. The first-order chi connectivity index (χ1) is 20.4. The minimum absolute atomic E-state index is 0.148. The van der Waals surface area contributed by atoms with Crippen molar-refractivity contribution in [1.82, 2.24) is 9.80 Å². The average Bonchev–Trinajstić information content (AvgIpc) is 3.31. The molecule has 0 aromatic heterocycles. The lowest BCUT2D eigenvalue weighted by molar-refractivity contribution is -0.153. The van der Waals surface area contributed by atoms with Gasteiger partial charge in [0.1, 0.15) is 18.2 Å². The third-order valence-electron chi connectivity index (χ3n) is 7.83. The van der Waals surface area contributed by atoms with Crippen LogP contribution in [0.2, 0.25) is 0 Å². The number of ether oxygens (including phenoxy) is 3. The zero-order valence-corrected chi connectivity index (χ0v) is 27.0. The van der Waals surface area contributed by atoms with Gasteiger partial charge in [0.25, 0.3) is 0 Å². The van der Waals surface area contributed by atoms with Crippen molar-refractivity contribution in [2.24, 2.45) is 11.8 Å². The number of esters is 2. The van der Waals surface area contributed by atoms with Crippen LogP contribution in [0.15, 0.2) is 60.7 Å². The molecule has 1 aliphatic heterocycles. The second kappa shape index (κ2) is 15.9. The van der Waals surface area contributed by atoms with Crippen molar-refractivity contribution in [2.45, 2.75) is 104 Å². The predicted molar refractivity (Wildman–Crippen MR) is 167 cm³/mol. The van der Waals surface area contributed by atoms with E-state index in [2.05, 4.69) is 30.9 Å². The zero-order chi connectivity index (χ0) is 31.6. The van der Waals surface area contributed by atoms with Gasteiger partial charge >= 0.3 is 18.0 Å². The van der Waals surface area contributed by atoms with Crippen molar-refractivity contribution < 1.29 is 28.6 Å². The summed E-state index contributed by atoms with van der Waals surface area (Å²) in [5.74, 6) is -0.550. The molecule has 1 saturated heterocycles. The van der Waals surface area contributed by atoms with Gasteiger partial charge in [-0.3, -0.25) is 19.4 Å². The van der Waals surface area contributed by atoms with Gasteiger partial charge in [0.15, 0.2) is 0 Å². The molecule has 1 heterocycles. The van der Waals surface area contributed by atoms with Crippen molar-refractivity contribution >= 4 is 18.0 Å². The Morgan fingerprint density at radius 3 is 2.05 bits per heavy atom. The largest absolute Gasteiger partial charge is 0.469 e. The van der Waals surface area contributed by atoms with Crippen molar-refractivity contribution in [3.8, 4) is 0 Å². The third-order valence-corrected chi connectivity index (χ3v) is 7.83. The molecule has 1 aliphatic rings. The summed E-state index contributed by atoms with van der Waals surface area (Å²) < 4.78 is 16.7. The number of carbonyl (C=O) groups excluding carboxylic acids is 3. The number of rotatable bonds is 13. The molecule has 2 aromatic carbocycles. The lowest BCUT2D eigenvalue weighted by Gasteiger charge is -2.33. The maximum Gasteiger partial charge on any atom is 0.411 e. The first kappa shape index (κ1) is 34.1. The molecule has 1 fully saturated rings. The van der Waals surface area contributed by atoms with Gasteiger partial charge in [0.05, 0.1) is 25.7 Å². The minimum Gasteiger partial charge on any atom is -0.469 e. The third kappa shape index (κ3) is 10.4. The summed E-state index contributed by atoms with van der Waals surface area (Å²) in [4.78, 5) is 43.5. The van der Waals surface area contributed by atoms with Gasteiger partial charge in [0.2, 0.25) is 0 Å². The summed E-state index contributed by atoms with van der Waals surface area (Å²) >= 11 is 0. The lowest BCUT2D eigenvalue weighted by atomic mass is 9.92. The molecule has 0 spiro atoms. The standard InChI is InChI=1S/C35H50N2O6/c1-25(2)21-31(33(39)42-23-28-18-12-9-13-19-28)36-24-37(34(40)43-35(4,5)6)30(22-27-16-10-8-11-17-27)29(36)20-14-15-26(3)32(38)41-7/h8-13,16-19,25-26,29-31H,14-15,20-24H2,1-7H3/t26-,29-,30-,31+/m1/s1. The highest BCUT2D eigenvalue weighted by molar-refractivity contribution is 5.76. The van der Waals surface area contributed by atoms with Gasteiger partial charge in [-0.05, 0) is 63.5 Å². The summed E-state index contributed by atoms with van der Waals surface area (Å²) in [5.41, 5.74) is 1.35. The number of amides is 1. The Balaban J connectivity index is 1.96. The van der Waals surface area contributed by atoms with E-state index < -0.39 is 17.7 Å². The normalized spacial score (nSPS) is 18.7. The van der Waals surface area contributed by atoms with Crippen LogP contribution in [0.5, 0.6) is 0 Å². The number of methoxy groups -OCH3 is 1.